The molecule has 33 heavy (non-hydrogen) atoms. The Morgan fingerprint density at radius 1 is 1.18 bits per heavy atom. The van der Waals surface area contributed by atoms with E-state index in [0.717, 1.165) is 0 Å². The molecule has 0 aromatic heterocycles. The van der Waals surface area contributed by atoms with Crippen LogP contribution in [0.4, 0.5) is 18.9 Å². The van der Waals surface area contributed by atoms with E-state index in [0.29, 0.717) is 26.8 Å². The molecular weight excluding hydrogens is 455 g/mol. The number of aliphatic imine (C=N–C) groups is 2. The summed E-state index contributed by atoms with van der Waals surface area (Å²) in [6, 6.07) is 16.7. The van der Waals surface area contributed by atoms with Gasteiger partial charge >= 0.3 is 15.5 Å². The Balaban J connectivity index is 1.82. The van der Waals surface area contributed by atoms with Crippen LogP contribution < -0.4 is 4.90 Å². The Bertz CT molecular complexity index is 1290. The van der Waals surface area contributed by atoms with Crippen molar-refractivity contribution in [3.05, 3.63) is 77.1 Å². The Morgan fingerprint density at radius 2 is 1.94 bits per heavy atom. The van der Waals surface area contributed by atoms with E-state index in [-0.39, 0.29) is 25.1 Å². The fourth-order valence-corrected chi connectivity index (χ4v) is 5.05. The molecule has 2 heterocycles. The van der Waals surface area contributed by atoms with Crippen LogP contribution in [-0.4, -0.2) is 43.4 Å². The van der Waals surface area contributed by atoms with Crippen LogP contribution in [0.3, 0.4) is 0 Å². The number of nitrogens with zero attached hydrogens (tertiary/aromatic N) is 5. The summed E-state index contributed by atoms with van der Waals surface area (Å²) in [6.07, 6.45) is 1.56. The molecule has 2 aromatic carbocycles. The van der Waals surface area contributed by atoms with Crippen molar-refractivity contribution in [3.63, 3.8) is 0 Å². The first-order valence-electron chi connectivity index (χ1n) is 9.93. The molecule has 11 heteroatoms. The molecule has 0 N–H and O–H groups in total. The minimum Gasteiger partial charge on any atom is -0.364 e. The lowest BCUT2D eigenvalue weighted by Gasteiger charge is -2.32. The van der Waals surface area contributed by atoms with Gasteiger partial charge in [-0.05, 0) is 35.7 Å². The highest BCUT2D eigenvalue weighted by atomic mass is 32.2. The predicted octanol–water partition coefficient (Wildman–Crippen LogP) is 3.67. The average molecular weight is 473 g/mol. The molecule has 2 aliphatic heterocycles. The van der Waals surface area contributed by atoms with Crippen molar-refractivity contribution in [1.82, 2.24) is 4.31 Å². The molecule has 0 saturated carbocycles. The largest absolute Gasteiger partial charge is 0.511 e. The number of rotatable bonds is 5. The van der Waals surface area contributed by atoms with Crippen molar-refractivity contribution in [2.45, 2.75) is 24.5 Å². The van der Waals surface area contributed by atoms with Crippen molar-refractivity contribution in [2.24, 2.45) is 9.98 Å². The second-order valence-electron chi connectivity index (χ2n) is 7.64. The minimum absolute atomic E-state index is 0.0179. The zero-order valence-corrected chi connectivity index (χ0v) is 18.0. The van der Waals surface area contributed by atoms with Crippen LogP contribution >= 0.6 is 0 Å². The highest BCUT2D eigenvalue weighted by Crippen LogP contribution is 2.36. The summed E-state index contributed by atoms with van der Waals surface area (Å²) in [6.45, 7) is -0.337. The number of hydrogen-bond acceptors (Lipinski definition) is 6. The van der Waals surface area contributed by atoms with Gasteiger partial charge in [0.2, 0.25) is 0 Å². The second kappa shape index (κ2) is 8.83. The van der Waals surface area contributed by atoms with Gasteiger partial charge in [-0.15, -0.1) is 0 Å². The van der Waals surface area contributed by atoms with Gasteiger partial charge in [0.1, 0.15) is 0 Å². The molecule has 4 rings (SSSR count). The van der Waals surface area contributed by atoms with Gasteiger partial charge in [-0.25, -0.2) is 8.42 Å². The Labute approximate surface area is 188 Å². The van der Waals surface area contributed by atoms with E-state index in [1.807, 2.05) is 6.07 Å². The average Bonchev–Trinajstić information content (AvgIpc) is 3.24. The first kappa shape index (κ1) is 22.7. The summed E-state index contributed by atoms with van der Waals surface area (Å²) < 4.78 is 66.8. The third-order valence-corrected chi connectivity index (χ3v) is 7.08. The Morgan fingerprint density at radius 3 is 2.58 bits per heavy atom. The first-order valence-corrected chi connectivity index (χ1v) is 11.4. The molecule has 7 nitrogen and oxygen atoms in total. The van der Waals surface area contributed by atoms with Crippen LogP contribution in [0.15, 0.2) is 70.4 Å². The maximum absolute atomic E-state index is 13.7. The zero-order valence-electron chi connectivity index (χ0n) is 17.2. The summed E-state index contributed by atoms with van der Waals surface area (Å²) in [5, 5.41) is 9.29. The molecule has 0 bridgehead atoms. The highest BCUT2D eigenvalue weighted by molar-refractivity contribution is 7.90. The lowest BCUT2D eigenvalue weighted by atomic mass is 10.1. The molecule has 0 fully saturated rings. The standard InChI is InChI=1S/C22H18F3N5O2S/c23-22(24,25)33(31,32)30-12-18-8-17(10-26)6-7-21(18)29(13-19-11-27-15-28-19)14-20(30)9-16-4-2-1-3-5-16/h1-8,11,20H,9,12-14H2/t20-/m1/s1. The number of hydrogen-bond donors (Lipinski definition) is 0. The summed E-state index contributed by atoms with van der Waals surface area (Å²) in [5.41, 5.74) is -3.15. The highest BCUT2D eigenvalue weighted by Gasteiger charge is 2.52. The van der Waals surface area contributed by atoms with Crippen molar-refractivity contribution in [3.8, 4) is 6.07 Å². The monoisotopic (exact) mass is 473 g/mol. The maximum atomic E-state index is 13.7. The van der Waals surface area contributed by atoms with Gasteiger partial charge in [0.25, 0.3) is 0 Å². The van der Waals surface area contributed by atoms with Gasteiger partial charge in [0.05, 0.1) is 36.1 Å². The fourth-order valence-electron chi connectivity index (χ4n) is 3.94. The van der Waals surface area contributed by atoms with Crippen molar-refractivity contribution < 1.29 is 21.6 Å². The summed E-state index contributed by atoms with van der Waals surface area (Å²) in [5.74, 6) is 0. The minimum atomic E-state index is -5.65. The van der Waals surface area contributed by atoms with Gasteiger partial charge in [-0.3, -0.25) is 0 Å². The smallest absolute Gasteiger partial charge is 0.364 e. The summed E-state index contributed by atoms with van der Waals surface area (Å²) in [4.78, 5) is 9.60. The third kappa shape index (κ3) is 4.68. The van der Waals surface area contributed by atoms with Crippen molar-refractivity contribution in [2.75, 3.05) is 18.0 Å². The molecule has 2 aromatic rings. The molecule has 0 unspecified atom stereocenters. The number of nitriles is 1. The Hall–Kier alpha value is -3.45. The molecule has 0 spiro atoms. The molecular formula is C22H18F3N5O2S. The quantitative estimate of drug-likeness (QED) is 0.663. The third-order valence-electron chi connectivity index (χ3n) is 5.45. The van der Waals surface area contributed by atoms with E-state index >= 15 is 0 Å². The predicted molar refractivity (Wildman–Crippen MR) is 116 cm³/mol. The number of sulfonamides is 1. The van der Waals surface area contributed by atoms with Crippen LogP contribution in [0.2, 0.25) is 0 Å². The van der Waals surface area contributed by atoms with E-state index in [1.165, 1.54) is 12.3 Å². The summed E-state index contributed by atoms with van der Waals surface area (Å²) in [7, 11) is -5.65. The van der Waals surface area contributed by atoms with E-state index in [4.69, 9.17) is 0 Å². The van der Waals surface area contributed by atoms with E-state index < -0.39 is 28.1 Å². The van der Waals surface area contributed by atoms with Crippen LogP contribution in [0.25, 0.3) is 0 Å². The van der Waals surface area contributed by atoms with Gasteiger partial charge in [-0.1, -0.05) is 30.3 Å². The number of fused-ring (bicyclic) bond motifs is 1. The normalized spacial score (nSPS) is 18.5. The summed E-state index contributed by atoms with van der Waals surface area (Å²) >= 11 is 0. The topological polar surface area (TPSA) is 89.1 Å². The van der Waals surface area contributed by atoms with E-state index in [2.05, 4.69) is 16.0 Å². The lowest BCUT2D eigenvalue weighted by molar-refractivity contribution is -0.0502. The van der Waals surface area contributed by atoms with Crippen LogP contribution in [0.5, 0.6) is 0 Å². The second-order valence-corrected chi connectivity index (χ2v) is 9.52. The van der Waals surface area contributed by atoms with Gasteiger partial charge in [-0.2, -0.15) is 32.7 Å². The van der Waals surface area contributed by atoms with Crippen molar-refractivity contribution in [1.29, 1.82) is 5.26 Å². The maximum Gasteiger partial charge on any atom is 0.511 e. The molecule has 2 aliphatic rings. The SMILES string of the molecule is N#Cc1ccc2c(c1)CN(S(=O)(=O)C(F)(F)F)[C@H](Cc1ccccc1)CN2CC1=CN=C=N1. The van der Waals surface area contributed by atoms with E-state index in [1.54, 1.807) is 47.4 Å². The molecule has 170 valence electrons. The number of benzene rings is 2. The lowest BCUT2D eigenvalue weighted by Crippen LogP contribution is -2.50. The fraction of sp³-hybridized carbons (Fsp3) is 0.273. The van der Waals surface area contributed by atoms with Gasteiger partial charge in [0, 0.05) is 24.8 Å². The van der Waals surface area contributed by atoms with Crippen LogP contribution in [0.1, 0.15) is 16.7 Å². The van der Waals surface area contributed by atoms with Crippen molar-refractivity contribution >= 4 is 21.7 Å². The molecule has 1 atom stereocenters. The first-order chi connectivity index (χ1) is 15.7. The molecule has 0 saturated heterocycles. The number of alkyl halides is 3. The van der Waals surface area contributed by atoms with Gasteiger partial charge < -0.3 is 4.90 Å². The van der Waals surface area contributed by atoms with Crippen LogP contribution in [-0.2, 0) is 23.0 Å². The number of anilines is 1. The molecule has 0 radical (unpaired) electrons. The molecule has 0 amide bonds. The Kier molecular flexibility index (Phi) is 6.08. The van der Waals surface area contributed by atoms with E-state index in [9.17, 15) is 26.9 Å². The molecule has 0 aliphatic carbocycles. The van der Waals surface area contributed by atoms with Gasteiger partial charge in [0.15, 0.2) is 0 Å². The zero-order chi connectivity index (χ0) is 23.6. The number of halogens is 3. The van der Waals surface area contributed by atoms with Crippen LogP contribution in [0, 0.1) is 11.3 Å².